The van der Waals surface area contributed by atoms with Gasteiger partial charge in [0.25, 0.3) is 0 Å². The van der Waals surface area contributed by atoms with Crippen LogP contribution >= 0.6 is 22.6 Å². The van der Waals surface area contributed by atoms with Crippen LogP contribution in [0.15, 0.2) is 0 Å². The lowest BCUT2D eigenvalue weighted by Gasteiger charge is -2.02. The van der Waals surface area contributed by atoms with Crippen molar-refractivity contribution in [1.29, 1.82) is 0 Å². The molecule has 0 aliphatic rings. The van der Waals surface area contributed by atoms with Crippen molar-refractivity contribution in [3.05, 3.63) is 0 Å². The number of carbonyl (C=O) groups excluding carboxylic acids is 1. The number of alkyl halides is 1. The van der Waals surface area contributed by atoms with Gasteiger partial charge in [0.2, 0.25) is 0 Å². The molecule has 0 aromatic heterocycles. The summed E-state index contributed by atoms with van der Waals surface area (Å²) in [4.78, 5) is 10.3. The first-order chi connectivity index (χ1) is 4.63. The van der Waals surface area contributed by atoms with E-state index < -0.39 is 0 Å². The van der Waals surface area contributed by atoms with Crippen molar-refractivity contribution in [2.24, 2.45) is 0 Å². The molecule has 1 unspecified atom stereocenters. The van der Waals surface area contributed by atoms with Gasteiger partial charge in [-0.05, 0) is 12.8 Å². The van der Waals surface area contributed by atoms with Crippen LogP contribution < -0.4 is 0 Å². The van der Waals surface area contributed by atoms with Crippen LogP contribution in [0.2, 0.25) is 0 Å². The molecule has 0 aromatic carbocycles. The van der Waals surface area contributed by atoms with Crippen molar-refractivity contribution in [3.8, 4) is 0 Å². The normalized spacial score (nSPS) is 12.7. The third-order valence-corrected chi connectivity index (χ3v) is 1.67. The molecular formula is C7H13IO2. The minimum absolute atomic E-state index is 0.180. The lowest BCUT2D eigenvalue weighted by atomic mass is 10.3. The number of carbonyl (C=O) groups is 1. The molecule has 10 heavy (non-hydrogen) atoms. The highest BCUT2D eigenvalue weighted by atomic mass is 127. The van der Waals surface area contributed by atoms with Crippen molar-refractivity contribution in [2.45, 2.75) is 30.6 Å². The SMILES string of the molecule is CC(=O)OCCCC(C)I. The van der Waals surface area contributed by atoms with E-state index in [0.29, 0.717) is 10.5 Å². The summed E-state index contributed by atoms with van der Waals surface area (Å²) in [5.41, 5.74) is 0. The number of hydrogen-bond donors (Lipinski definition) is 0. The van der Waals surface area contributed by atoms with Crippen LogP contribution in [-0.4, -0.2) is 16.5 Å². The average molecular weight is 256 g/mol. The molecule has 0 rings (SSSR count). The minimum Gasteiger partial charge on any atom is -0.466 e. The molecule has 0 radical (unpaired) electrons. The standard InChI is InChI=1S/C7H13IO2/c1-6(8)4-3-5-10-7(2)9/h6H,3-5H2,1-2H3. The molecule has 1 atom stereocenters. The predicted octanol–water partition coefficient (Wildman–Crippen LogP) is 2.15. The van der Waals surface area contributed by atoms with E-state index in [0.717, 1.165) is 12.8 Å². The minimum atomic E-state index is -0.180. The van der Waals surface area contributed by atoms with E-state index in [1.54, 1.807) is 0 Å². The van der Waals surface area contributed by atoms with E-state index >= 15 is 0 Å². The van der Waals surface area contributed by atoms with Crippen LogP contribution in [0.25, 0.3) is 0 Å². The molecule has 0 amide bonds. The van der Waals surface area contributed by atoms with Crippen LogP contribution in [0.1, 0.15) is 26.7 Å². The summed E-state index contributed by atoms with van der Waals surface area (Å²) in [7, 11) is 0. The van der Waals surface area contributed by atoms with Gasteiger partial charge in [-0.25, -0.2) is 0 Å². The molecule has 0 heterocycles. The van der Waals surface area contributed by atoms with Crippen LogP contribution in [0, 0.1) is 0 Å². The lowest BCUT2D eigenvalue weighted by molar-refractivity contribution is -0.141. The van der Waals surface area contributed by atoms with E-state index in [4.69, 9.17) is 4.74 Å². The number of hydrogen-bond acceptors (Lipinski definition) is 2. The quantitative estimate of drug-likeness (QED) is 0.333. The average Bonchev–Trinajstić information content (AvgIpc) is 1.79. The van der Waals surface area contributed by atoms with E-state index in [1.165, 1.54) is 6.92 Å². The van der Waals surface area contributed by atoms with Gasteiger partial charge in [0.1, 0.15) is 0 Å². The molecule has 0 aromatic rings. The maximum Gasteiger partial charge on any atom is 0.302 e. The number of rotatable bonds is 4. The second kappa shape index (κ2) is 5.95. The molecule has 2 nitrogen and oxygen atoms in total. The molecule has 0 bridgehead atoms. The van der Waals surface area contributed by atoms with Gasteiger partial charge in [-0.15, -0.1) is 0 Å². The Labute approximate surface area is 75.5 Å². The highest BCUT2D eigenvalue weighted by molar-refractivity contribution is 14.1. The van der Waals surface area contributed by atoms with E-state index in [9.17, 15) is 4.79 Å². The fourth-order valence-electron chi connectivity index (χ4n) is 0.581. The van der Waals surface area contributed by atoms with Gasteiger partial charge in [0.05, 0.1) is 6.61 Å². The van der Waals surface area contributed by atoms with Gasteiger partial charge in [-0.1, -0.05) is 29.5 Å². The summed E-state index contributed by atoms with van der Waals surface area (Å²) in [6, 6.07) is 0. The third kappa shape index (κ3) is 8.20. The van der Waals surface area contributed by atoms with Crippen LogP contribution in [0.5, 0.6) is 0 Å². The van der Waals surface area contributed by atoms with Gasteiger partial charge in [0.15, 0.2) is 0 Å². The molecule has 0 aliphatic heterocycles. The Kier molecular flexibility index (Phi) is 6.06. The Bertz CT molecular complexity index is 102. The highest BCUT2D eigenvalue weighted by Crippen LogP contribution is 2.06. The number of halogens is 1. The first-order valence-electron chi connectivity index (χ1n) is 3.40. The Morgan fingerprint density at radius 3 is 2.70 bits per heavy atom. The molecule has 3 heteroatoms. The summed E-state index contributed by atoms with van der Waals surface area (Å²) in [5, 5.41) is 0. The molecule has 60 valence electrons. The van der Waals surface area contributed by atoms with Crippen LogP contribution in [0.4, 0.5) is 0 Å². The Morgan fingerprint density at radius 1 is 1.70 bits per heavy atom. The van der Waals surface area contributed by atoms with Crippen LogP contribution in [-0.2, 0) is 9.53 Å². The summed E-state index contributed by atoms with van der Waals surface area (Å²) >= 11 is 2.36. The van der Waals surface area contributed by atoms with Gasteiger partial charge < -0.3 is 4.74 Å². The number of esters is 1. The van der Waals surface area contributed by atoms with Crippen molar-refractivity contribution >= 4 is 28.6 Å². The van der Waals surface area contributed by atoms with Crippen LogP contribution in [0.3, 0.4) is 0 Å². The van der Waals surface area contributed by atoms with Gasteiger partial charge in [0, 0.05) is 10.8 Å². The number of ether oxygens (including phenoxy) is 1. The molecular weight excluding hydrogens is 243 g/mol. The van der Waals surface area contributed by atoms with Gasteiger partial charge in [-0.3, -0.25) is 4.79 Å². The van der Waals surface area contributed by atoms with Gasteiger partial charge >= 0.3 is 5.97 Å². The molecule has 0 fully saturated rings. The molecule has 0 aliphatic carbocycles. The third-order valence-electron chi connectivity index (χ3n) is 1.05. The largest absolute Gasteiger partial charge is 0.466 e. The summed E-state index contributed by atoms with van der Waals surface area (Å²) in [6.07, 6.45) is 2.09. The fourth-order valence-corrected chi connectivity index (χ4v) is 1.02. The van der Waals surface area contributed by atoms with Crippen molar-refractivity contribution in [2.75, 3.05) is 6.61 Å². The maximum atomic E-state index is 10.3. The highest BCUT2D eigenvalue weighted by Gasteiger charge is 1.96. The summed E-state index contributed by atoms with van der Waals surface area (Å²) in [6.45, 7) is 4.16. The zero-order valence-electron chi connectivity index (χ0n) is 6.39. The predicted molar refractivity (Wildman–Crippen MR) is 49.3 cm³/mol. The summed E-state index contributed by atoms with van der Waals surface area (Å²) in [5.74, 6) is -0.180. The van der Waals surface area contributed by atoms with Gasteiger partial charge in [-0.2, -0.15) is 0 Å². The van der Waals surface area contributed by atoms with E-state index in [2.05, 4.69) is 29.5 Å². The zero-order chi connectivity index (χ0) is 7.98. The van der Waals surface area contributed by atoms with Crippen molar-refractivity contribution < 1.29 is 9.53 Å². The maximum absolute atomic E-state index is 10.3. The molecule has 0 saturated carbocycles. The first-order valence-corrected chi connectivity index (χ1v) is 4.65. The fraction of sp³-hybridized carbons (Fsp3) is 0.857. The molecule has 0 N–H and O–H groups in total. The van der Waals surface area contributed by atoms with Crippen molar-refractivity contribution in [1.82, 2.24) is 0 Å². The van der Waals surface area contributed by atoms with E-state index in [-0.39, 0.29) is 5.97 Å². The topological polar surface area (TPSA) is 26.3 Å². The first kappa shape index (κ1) is 10.2. The zero-order valence-corrected chi connectivity index (χ0v) is 8.55. The second-order valence-electron chi connectivity index (χ2n) is 2.26. The second-order valence-corrected chi connectivity index (χ2v) is 4.39. The molecule has 0 spiro atoms. The smallest absolute Gasteiger partial charge is 0.302 e. The van der Waals surface area contributed by atoms with E-state index in [1.807, 2.05) is 0 Å². The Hall–Kier alpha value is 0.200. The lowest BCUT2D eigenvalue weighted by Crippen LogP contribution is -2.02. The molecule has 0 saturated heterocycles. The monoisotopic (exact) mass is 256 g/mol. The van der Waals surface area contributed by atoms with Crippen molar-refractivity contribution in [3.63, 3.8) is 0 Å². The Morgan fingerprint density at radius 2 is 2.30 bits per heavy atom. The Balaban J connectivity index is 2.98. The summed E-state index contributed by atoms with van der Waals surface area (Å²) < 4.78 is 5.42.